The van der Waals surface area contributed by atoms with Gasteiger partial charge in [-0.2, -0.15) is 11.8 Å². The Morgan fingerprint density at radius 1 is 1.71 bits per heavy atom. The summed E-state index contributed by atoms with van der Waals surface area (Å²) >= 11 is 1.77. The van der Waals surface area contributed by atoms with Gasteiger partial charge in [0.05, 0.1) is 11.3 Å². The van der Waals surface area contributed by atoms with Gasteiger partial charge in [0.2, 0.25) is 0 Å². The van der Waals surface area contributed by atoms with Gasteiger partial charge in [0.25, 0.3) is 0 Å². The van der Waals surface area contributed by atoms with E-state index in [1.165, 1.54) is 12.3 Å². The van der Waals surface area contributed by atoms with E-state index < -0.39 is 5.97 Å². The summed E-state index contributed by atoms with van der Waals surface area (Å²) in [7, 11) is 0. The number of carboxylic acid groups (broad SMARTS) is 1. The zero-order valence-electron chi connectivity index (χ0n) is 9.93. The van der Waals surface area contributed by atoms with Crippen LogP contribution >= 0.6 is 11.8 Å². The number of aromatic nitrogens is 1. The average Bonchev–Trinajstić information content (AvgIpc) is 2.27. The molecule has 1 atom stereocenters. The number of aromatic carboxylic acids is 1. The first kappa shape index (κ1) is 13.6. The molecule has 0 bridgehead atoms. The zero-order valence-corrected chi connectivity index (χ0v) is 10.8. The summed E-state index contributed by atoms with van der Waals surface area (Å²) in [4.78, 5) is 14.9. The van der Waals surface area contributed by atoms with Crippen molar-refractivity contribution < 1.29 is 9.90 Å². The van der Waals surface area contributed by atoms with Crippen molar-refractivity contribution in [3.8, 4) is 0 Å². The van der Waals surface area contributed by atoms with Crippen LogP contribution in [-0.2, 0) is 0 Å². The maximum atomic E-state index is 10.9. The average molecular weight is 255 g/mol. The minimum Gasteiger partial charge on any atom is -0.478 e. The van der Waals surface area contributed by atoms with E-state index in [1.807, 2.05) is 6.26 Å². The molecule has 94 valence electrons. The van der Waals surface area contributed by atoms with Crippen LogP contribution in [0.15, 0.2) is 12.3 Å². The topological polar surface area (TPSA) is 88.2 Å². The van der Waals surface area contributed by atoms with E-state index in [0.717, 1.165) is 12.3 Å². The monoisotopic (exact) mass is 255 g/mol. The van der Waals surface area contributed by atoms with Gasteiger partial charge in [0.15, 0.2) is 0 Å². The van der Waals surface area contributed by atoms with Gasteiger partial charge in [-0.3, -0.25) is 0 Å². The molecule has 0 spiro atoms. The summed E-state index contributed by atoms with van der Waals surface area (Å²) in [6, 6.07) is 1.40. The number of anilines is 2. The highest BCUT2D eigenvalue weighted by molar-refractivity contribution is 7.98. The number of nitrogens with two attached hydrogens (primary N) is 1. The Kier molecular flexibility index (Phi) is 5.09. The highest BCUT2D eigenvalue weighted by atomic mass is 32.2. The first-order valence-corrected chi connectivity index (χ1v) is 6.66. The Morgan fingerprint density at radius 3 is 3.00 bits per heavy atom. The first-order chi connectivity index (χ1) is 8.06. The lowest BCUT2D eigenvalue weighted by Crippen LogP contribution is -2.16. The molecule has 17 heavy (non-hydrogen) atoms. The normalized spacial score (nSPS) is 12.1. The third-order valence-corrected chi connectivity index (χ3v) is 3.19. The number of rotatable bonds is 6. The predicted molar refractivity (Wildman–Crippen MR) is 71.6 cm³/mol. The lowest BCUT2D eigenvalue weighted by atomic mass is 10.2. The van der Waals surface area contributed by atoms with Crippen LogP contribution in [0.5, 0.6) is 0 Å². The summed E-state index contributed by atoms with van der Waals surface area (Å²) in [5.41, 5.74) is 6.01. The number of nitrogens with one attached hydrogen (secondary N) is 1. The second kappa shape index (κ2) is 6.34. The van der Waals surface area contributed by atoms with Gasteiger partial charge in [0, 0.05) is 12.7 Å². The van der Waals surface area contributed by atoms with Crippen LogP contribution in [0.3, 0.4) is 0 Å². The molecule has 0 aliphatic rings. The number of hydrogen-bond acceptors (Lipinski definition) is 5. The van der Waals surface area contributed by atoms with Crippen molar-refractivity contribution >= 4 is 29.2 Å². The molecular weight excluding hydrogens is 238 g/mol. The van der Waals surface area contributed by atoms with Crippen molar-refractivity contribution in [2.75, 3.05) is 29.6 Å². The predicted octanol–water partition coefficient (Wildman–Crippen LogP) is 1.77. The second-order valence-electron chi connectivity index (χ2n) is 3.87. The molecule has 0 amide bonds. The fraction of sp³-hybridized carbons (Fsp3) is 0.455. The van der Waals surface area contributed by atoms with E-state index in [1.54, 1.807) is 11.8 Å². The lowest BCUT2D eigenvalue weighted by molar-refractivity contribution is 0.0698. The van der Waals surface area contributed by atoms with Gasteiger partial charge >= 0.3 is 5.97 Å². The molecule has 0 saturated heterocycles. The number of pyridine rings is 1. The molecular formula is C11H17N3O2S. The highest BCUT2D eigenvalue weighted by Gasteiger charge is 2.12. The van der Waals surface area contributed by atoms with Crippen molar-refractivity contribution in [2.24, 2.45) is 5.92 Å². The number of carbonyl (C=O) groups is 1. The van der Waals surface area contributed by atoms with E-state index in [0.29, 0.717) is 11.7 Å². The number of thioether (sulfide) groups is 1. The fourth-order valence-electron chi connectivity index (χ4n) is 1.41. The zero-order chi connectivity index (χ0) is 12.8. The fourth-order valence-corrected chi connectivity index (χ4v) is 2.10. The molecule has 1 rings (SSSR count). The van der Waals surface area contributed by atoms with Crippen LogP contribution < -0.4 is 11.1 Å². The molecule has 0 radical (unpaired) electrons. The SMILES string of the molecule is CSCC(C)CNc1nccc(C(=O)O)c1N. The maximum Gasteiger partial charge on any atom is 0.337 e. The smallest absolute Gasteiger partial charge is 0.337 e. The van der Waals surface area contributed by atoms with Crippen LogP contribution in [0.25, 0.3) is 0 Å². The van der Waals surface area contributed by atoms with Crippen molar-refractivity contribution in [3.63, 3.8) is 0 Å². The summed E-state index contributed by atoms with van der Waals surface area (Å²) in [5.74, 6) is 0.911. The Labute approximate surface area is 105 Å². The largest absolute Gasteiger partial charge is 0.478 e. The van der Waals surface area contributed by atoms with Gasteiger partial charge < -0.3 is 16.2 Å². The third kappa shape index (κ3) is 3.81. The molecule has 0 fully saturated rings. The van der Waals surface area contributed by atoms with E-state index in [4.69, 9.17) is 10.8 Å². The number of hydrogen-bond donors (Lipinski definition) is 3. The molecule has 4 N–H and O–H groups in total. The Morgan fingerprint density at radius 2 is 2.41 bits per heavy atom. The molecule has 6 heteroatoms. The molecule has 0 aliphatic carbocycles. The quantitative estimate of drug-likeness (QED) is 0.718. The van der Waals surface area contributed by atoms with Gasteiger partial charge in [-0.25, -0.2) is 9.78 Å². The Balaban J connectivity index is 2.72. The van der Waals surface area contributed by atoms with Crippen LogP contribution in [-0.4, -0.2) is 34.6 Å². The van der Waals surface area contributed by atoms with E-state index in [9.17, 15) is 4.79 Å². The Hall–Kier alpha value is -1.43. The molecule has 1 heterocycles. The minimum atomic E-state index is -1.04. The molecule has 0 aliphatic heterocycles. The molecule has 0 saturated carbocycles. The van der Waals surface area contributed by atoms with Crippen LogP contribution in [0.4, 0.5) is 11.5 Å². The van der Waals surface area contributed by atoms with Crippen LogP contribution in [0.1, 0.15) is 17.3 Å². The van der Waals surface area contributed by atoms with Crippen molar-refractivity contribution in [3.05, 3.63) is 17.8 Å². The molecule has 1 aromatic rings. The molecule has 5 nitrogen and oxygen atoms in total. The standard InChI is InChI=1S/C11H17N3O2S/c1-7(6-17-2)5-14-10-9(12)8(11(15)16)3-4-13-10/h3-4,7H,5-6,12H2,1-2H3,(H,13,14)(H,15,16). The van der Waals surface area contributed by atoms with Crippen molar-refractivity contribution in [2.45, 2.75) is 6.92 Å². The number of nitrogen functional groups attached to an aromatic ring is 1. The van der Waals surface area contributed by atoms with Gasteiger partial charge in [-0.15, -0.1) is 0 Å². The second-order valence-corrected chi connectivity index (χ2v) is 4.78. The van der Waals surface area contributed by atoms with Crippen LogP contribution in [0, 0.1) is 5.92 Å². The number of carboxylic acids is 1. The summed E-state index contributed by atoms with van der Waals surface area (Å²) < 4.78 is 0. The van der Waals surface area contributed by atoms with E-state index in [2.05, 4.69) is 17.2 Å². The molecule has 0 aromatic carbocycles. The lowest BCUT2D eigenvalue weighted by Gasteiger charge is -2.13. The van der Waals surface area contributed by atoms with E-state index >= 15 is 0 Å². The maximum absolute atomic E-state index is 10.9. The number of nitrogens with zero attached hydrogens (tertiary/aromatic N) is 1. The summed E-state index contributed by atoms with van der Waals surface area (Å²) in [5, 5.41) is 12.0. The van der Waals surface area contributed by atoms with E-state index in [-0.39, 0.29) is 11.3 Å². The van der Waals surface area contributed by atoms with Crippen LogP contribution in [0.2, 0.25) is 0 Å². The third-order valence-electron chi connectivity index (χ3n) is 2.29. The van der Waals surface area contributed by atoms with Gasteiger partial charge in [-0.05, 0) is 24.0 Å². The molecule has 1 aromatic heterocycles. The highest BCUT2D eigenvalue weighted by Crippen LogP contribution is 2.20. The summed E-state index contributed by atoms with van der Waals surface area (Å²) in [6.45, 7) is 2.84. The first-order valence-electron chi connectivity index (χ1n) is 5.26. The molecule has 1 unspecified atom stereocenters. The van der Waals surface area contributed by atoms with Gasteiger partial charge in [0.1, 0.15) is 5.82 Å². The Bertz CT molecular complexity index is 398. The van der Waals surface area contributed by atoms with Crippen molar-refractivity contribution in [1.82, 2.24) is 4.98 Å². The van der Waals surface area contributed by atoms with Gasteiger partial charge in [-0.1, -0.05) is 6.92 Å². The minimum absolute atomic E-state index is 0.0834. The van der Waals surface area contributed by atoms with Crippen molar-refractivity contribution in [1.29, 1.82) is 0 Å². The summed E-state index contributed by atoms with van der Waals surface area (Å²) in [6.07, 6.45) is 3.50.